The van der Waals surface area contributed by atoms with Crippen LogP contribution in [-0.4, -0.2) is 12.1 Å². The van der Waals surface area contributed by atoms with Gasteiger partial charge in [0.05, 0.1) is 11.2 Å². The van der Waals surface area contributed by atoms with Crippen LogP contribution in [0.25, 0.3) is 17.0 Å². The highest BCUT2D eigenvalue weighted by molar-refractivity contribution is 5.81. The molecule has 3 rings (SSSR count). The predicted molar refractivity (Wildman–Crippen MR) is 84.7 cm³/mol. The number of benzene rings is 1. The van der Waals surface area contributed by atoms with Gasteiger partial charge in [-0.1, -0.05) is 31.5 Å². The van der Waals surface area contributed by atoms with Gasteiger partial charge in [-0.15, -0.1) is 0 Å². The molecule has 0 amide bonds. The van der Waals surface area contributed by atoms with Gasteiger partial charge >= 0.3 is 0 Å². The summed E-state index contributed by atoms with van der Waals surface area (Å²) in [5, 5.41) is 1.11. The van der Waals surface area contributed by atoms with Crippen LogP contribution in [0.3, 0.4) is 0 Å². The quantitative estimate of drug-likeness (QED) is 0.820. The van der Waals surface area contributed by atoms with Crippen molar-refractivity contribution in [3.8, 4) is 0 Å². The van der Waals surface area contributed by atoms with Crippen LogP contribution in [0.4, 0.5) is 0 Å². The maximum atomic E-state index is 6.10. The molecule has 1 aliphatic rings. The summed E-state index contributed by atoms with van der Waals surface area (Å²) in [5.74, 6) is 0.195. The van der Waals surface area contributed by atoms with Crippen LogP contribution in [0, 0.1) is 0 Å². The van der Waals surface area contributed by atoms with E-state index in [1.54, 1.807) is 7.11 Å². The molecule has 3 heteroatoms. The number of nitrogens with zero attached hydrogens (tertiary/aromatic N) is 1. The number of hydrogen-bond acceptors (Lipinski definition) is 3. The highest BCUT2D eigenvalue weighted by atomic mass is 16.7. The molecule has 0 saturated carbocycles. The lowest BCUT2D eigenvalue weighted by molar-refractivity contribution is -0.197. The van der Waals surface area contributed by atoms with Crippen molar-refractivity contribution in [2.75, 3.05) is 7.11 Å². The molecule has 3 nitrogen and oxygen atoms in total. The van der Waals surface area contributed by atoms with E-state index >= 15 is 0 Å². The van der Waals surface area contributed by atoms with Gasteiger partial charge in [0.1, 0.15) is 5.76 Å². The van der Waals surface area contributed by atoms with E-state index in [-0.39, 0.29) is 0 Å². The number of hydrogen-bond donors (Lipinski definition) is 0. The fraction of sp³-hybridized carbons (Fsp3) is 0.389. The molecule has 0 spiro atoms. The summed E-state index contributed by atoms with van der Waals surface area (Å²) in [7, 11) is 1.68. The molecule has 0 fully saturated rings. The smallest absolute Gasteiger partial charge is 0.235 e. The molecule has 21 heavy (non-hydrogen) atoms. The summed E-state index contributed by atoms with van der Waals surface area (Å²) < 4.78 is 11.8. The Labute approximate surface area is 125 Å². The number of rotatable bonds is 4. The maximum absolute atomic E-state index is 6.10. The van der Waals surface area contributed by atoms with E-state index in [1.807, 2.05) is 25.1 Å². The molecular weight excluding hydrogens is 262 g/mol. The van der Waals surface area contributed by atoms with Crippen molar-refractivity contribution in [2.24, 2.45) is 0 Å². The molecule has 0 saturated heterocycles. The van der Waals surface area contributed by atoms with Gasteiger partial charge in [0.2, 0.25) is 5.79 Å². The zero-order chi connectivity index (χ0) is 14.9. The average Bonchev–Trinajstić information content (AvgIpc) is 2.51. The zero-order valence-corrected chi connectivity index (χ0v) is 12.8. The molecule has 0 radical (unpaired) electrons. The third-order valence-electron chi connectivity index (χ3n) is 4.03. The lowest BCUT2D eigenvalue weighted by atomic mass is 9.98. The van der Waals surface area contributed by atoms with Gasteiger partial charge in [-0.25, -0.2) is 4.98 Å². The number of allylic oxidation sites excluding steroid dienone is 1. The number of pyridine rings is 1. The molecule has 0 N–H and O–H groups in total. The third kappa shape index (κ3) is 2.54. The number of ether oxygens (including phenoxy) is 2. The van der Waals surface area contributed by atoms with Crippen LogP contribution < -0.4 is 0 Å². The Morgan fingerprint density at radius 1 is 1.29 bits per heavy atom. The summed E-state index contributed by atoms with van der Waals surface area (Å²) in [6.45, 7) is 4.14. The largest absolute Gasteiger partial charge is 0.463 e. The molecule has 0 bridgehead atoms. The minimum Gasteiger partial charge on any atom is -0.463 e. The monoisotopic (exact) mass is 283 g/mol. The molecule has 1 atom stereocenters. The Kier molecular flexibility index (Phi) is 3.68. The van der Waals surface area contributed by atoms with Crippen molar-refractivity contribution in [1.82, 2.24) is 4.98 Å². The van der Waals surface area contributed by atoms with Crippen LogP contribution in [0.1, 0.15) is 44.4 Å². The first-order chi connectivity index (χ1) is 10.2. The summed E-state index contributed by atoms with van der Waals surface area (Å²) in [4.78, 5) is 4.78. The van der Waals surface area contributed by atoms with Crippen molar-refractivity contribution in [1.29, 1.82) is 0 Å². The van der Waals surface area contributed by atoms with Crippen molar-refractivity contribution in [3.05, 3.63) is 47.3 Å². The fourth-order valence-corrected chi connectivity index (χ4v) is 2.72. The first-order valence-electron chi connectivity index (χ1n) is 7.51. The Balaban J connectivity index is 2.13. The van der Waals surface area contributed by atoms with Gasteiger partial charge in [0.25, 0.3) is 0 Å². The number of para-hydroxylation sites is 1. The van der Waals surface area contributed by atoms with Crippen molar-refractivity contribution in [2.45, 2.75) is 38.9 Å². The van der Waals surface area contributed by atoms with Gasteiger partial charge in [0, 0.05) is 37.5 Å². The maximum Gasteiger partial charge on any atom is 0.235 e. The lowest BCUT2D eigenvalue weighted by Crippen LogP contribution is -2.31. The summed E-state index contributed by atoms with van der Waals surface area (Å²) >= 11 is 0. The second-order valence-corrected chi connectivity index (χ2v) is 5.58. The van der Waals surface area contributed by atoms with Gasteiger partial charge in [-0.05, 0) is 18.6 Å². The Hall–Kier alpha value is -1.87. The fourth-order valence-electron chi connectivity index (χ4n) is 2.72. The molecular formula is C18H21NO2. The van der Waals surface area contributed by atoms with Gasteiger partial charge < -0.3 is 9.47 Å². The second-order valence-electron chi connectivity index (χ2n) is 5.58. The van der Waals surface area contributed by atoms with E-state index in [9.17, 15) is 0 Å². The van der Waals surface area contributed by atoms with E-state index in [4.69, 9.17) is 14.5 Å². The normalized spacial score (nSPS) is 20.8. The van der Waals surface area contributed by atoms with E-state index < -0.39 is 5.79 Å². The minimum atomic E-state index is -0.760. The van der Waals surface area contributed by atoms with Crippen LogP contribution in [0.2, 0.25) is 0 Å². The summed E-state index contributed by atoms with van der Waals surface area (Å²) in [5.41, 5.74) is 2.95. The summed E-state index contributed by atoms with van der Waals surface area (Å²) in [6.07, 6.45) is 5.22. The number of unbranched alkanes of at least 4 members (excludes halogenated alkanes) is 1. The van der Waals surface area contributed by atoms with Crippen LogP contribution >= 0.6 is 0 Å². The zero-order valence-electron chi connectivity index (χ0n) is 12.8. The van der Waals surface area contributed by atoms with Gasteiger partial charge in [-0.2, -0.15) is 0 Å². The Morgan fingerprint density at radius 3 is 2.86 bits per heavy atom. The van der Waals surface area contributed by atoms with Crippen molar-refractivity contribution in [3.63, 3.8) is 0 Å². The number of fused-ring (bicyclic) bond motifs is 2. The van der Waals surface area contributed by atoms with Crippen LogP contribution in [-0.2, 0) is 15.3 Å². The third-order valence-corrected chi connectivity index (χ3v) is 4.03. The SMILES string of the molecule is CCCCC1=Cc2nc3ccccc3cc2C(C)(OC)O1. The molecule has 2 aromatic rings. The van der Waals surface area contributed by atoms with E-state index in [0.29, 0.717) is 0 Å². The molecule has 1 aromatic carbocycles. The molecule has 1 aliphatic heterocycles. The molecule has 0 aliphatic carbocycles. The van der Waals surface area contributed by atoms with Gasteiger partial charge in [-0.3, -0.25) is 0 Å². The Morgan fingerprint density at radius 2 is 2.10 bits per heavy atom. The van der Waals surface area contributed by atoms with E-state index in [0.717, 1.165) is 47.2 Å². The van der Waals surface area contributed by atoms with E-state index in [2.05, 4.69) is 25.1 Å². The number of methoxy groups -OCH3 is 1. The standard InChI is InChI=1S/C18H21NO2/c1-4-5-9-14-12-17-15(18(2,20-3)21-14)11-13-8-6-7-10-16(13)19-17/h6-8,10-12H,4-5,9H2,1-3H3. The highest BCUT2D eigenvalue weighted by Gasteiger charge is 2.35. The number of aromatic nitrogens is 1. The van der Waals surface area contributed by atoms with Crippen molar-refractivity contribution < 1.29 is 9.47 Å². The highest BCUT2D eigenvalue weighted by Crippen LogP contribution is 2.38. The first kappa shape index (κ1) is 14.1. The van der Waals surface area contributed by atoms with Crippen molar-refractivity contribution >= 4 is 17.0 Å². The average molecular weight is 283 g/mol. The molecule has 1 unspecified atom stereocenters. The summed E-state index contributed by atoms with van der Waals surface area (Å²) in [6, 6.07) is 10.3. The predicted octanol–water partition coefficient (Wildman–Crippen LogP) is 4.62. The molecule has 110 valence electrons. The topological polar surface area (TPSA) is 31.4 Å². The van der Waals surface area contributed by atoms with E-state index in [1.165, 1.54) is 0 Å². The second kappa shape index (κ2) is 5.49. The minimum absolute atomic E-state index is 0.760. The Bertz CT molecular complexity index is 693. The van der Waals surface area contributed by atoms with Crippen LogP contribution in [0.5, 0.6) is 0 Å². The van der Waals surface area contributed by atoms with Gasteiger partial charge in [0.15, 0.2) is 0 Å². The lowest BCUT2D eigenvalue weighted by Gasteiger charge is -2.35. The van der Waals surface area contributed by atoms with Crippen LogP contribution in [0.15, 0.2) is 36.1 Å². The molecule has 2 heterocycles. The first-order valence-corrected chi connectivity index (χ1v) is 7.51. The molecule has 1 aromatic heterocycles.